The van der Waals surface area contributed by atoms with Gasteiger partial charge in [-0.05, 0) is 17.7 Å². The molecule has 3 heterocycles. The van der Waals surface area contributed by atoms with Crippen molar-refractivity contribution < 1.29 is 9.63 Å². The Morgan fingerprint density at radius 3 is 2.72 bits per heavy atom. The predicted molar refractivity (Wildman–Crippen MR) is 102 cm³/mol. The van der Waals surface area contributed by atoms with E-state index in [4.69, 9.17) is 16.1 Å². The highest BCUT2D eigenvalue weighted by atomic mass is 35.5. The van der Waals surface area contributed by atoms with Crippen LogP contribution in [0.2, 0.25) is 5.02 Å². The third kappa shape index (κ3) is 4.03. The lowest BCUT2D eigenvalue weighted by atomic mass is 10.1. The molecule has 10 nitrogen and oxygen atoms in total. The van der Waals surface area contributed by atoms with Gasteiger partial charge in [-0.2, -0.15) is 10.1 Å². The van der Waals surface area contributed by atoms with Gasteiger partial charge < -0.3 is 14.6 Å². The van der Waals surface area contributed by atoms with E-state index in [-0.39, 0.29) is 30.2 Å². The first-order chi connectivity index (χ1) is 14.0. The summed E-state index contributed by atoms with van der Waals surface area (Å²) >= 11 is 5.84. The monoisotopic (exact) mass is 414 g/mol. The van der Waals surface area contributed by atoms with Gasteiger partial charge in [0.05, 0.1) is 17.9 Å². The second-order valence-electron chi connectivity index (χ2n) is 6.26. The Morgan fingerprint density at radius 1 is 1.21 bits per heavy atom. The highest BCUT2D eigenvalue weighted by molar-refractivity contribution is 6.30. The summed E-state index contributed by atoms with van der Waals surface area (Å²) in [7, 11) is 0. The van der Waals surface area contributed by atoms with Gasteiger partial charge in [-0.3, -0.25) is 14.5 Å². The van der Waals surface area contributed by atoms with Crippen LogP contribution in [-0.4, -0.2) is 35.0 Å². The van der Waals surface area contributed by atoms with Crippen molar-refractivity contribution in [3.05, 3.63) is 86.0 Å². The maximum Gasteiger partial charge on any atom is 0.328 e. The van der Waals surface area contributed by atoms with Crippen LogP contribution in [0.1, 0.15) is 23.4 Å². The smallest absolute Gasteiger partial charge is 0.328 e. The third-order valence-electron chi connectivity index (χ3n) is 4.30. The number of hydrogen-bond donors (Lipinski definition) is 3. The van der Waals surface area contributed by atoms with Crippen LogP contribution in [0.25, 0.3) is 11.1 Å². The van der Waals surface area contributed by atoms with Crippen LogP contribution < -0.4 is 11.2 Å². The zero-order valence-electron chi connectivity index (χ0n) is 14.9. The number of hydrogen-bond acceptors (Lipinski definition) is 7. The van der Waals surface area contributed by atoms with Gasteiger partial charge in [0.15, 0.2) is 5.82 Å². The summed E-state index contributed by atoms with van der Waals surface area (Å²) in [4.78, 5) is 31.4. The normalized spacial score (nSPS) is 12.2. The van der Waals surface area contributed by atoms with Gasteiger partial charge in [0.25, 0.3) is 5.56 Å². The molecule has 1 atom stereocenters. The van der Waals surface area contributed by atoms with E-state index in [2.05, 4.69) is 25.3 Å². The van der Waals surface area contributed by atoms with Gasteiger partial charge >= 0.3 is 5.69 Å². The fourth-order valence-corrected chi connectivity index (χ4v) is 2.93. The largest absolute Gasteiger partial charge is 0.388 e. The minimum atomic E-state index is -0.853. The zero-order valence-corrected chi connectivity index (χ0v) is 15.6. The number of H-pyrrole nitrogens is 2. The van der Waals surface area contributed by atoms with E-state index in [1.54, 1.807) is 30.5 Å². The molecule has 0 fully saturated rings. The van der Waals surface area contributed by atoms with Crippen LogP contribution in [-0.2, 0) is 13.0 Å². The van der Waals surface area contributed by atoms with Crippen LogP contribution in [0.15, 0.2) is 57.0 Å². The van der Waals surface area contributed by atoms with Gasteiger partial charge in [0, 0.05) is 29.4 Å². The molecular weight excluding hydrogens is 400 g/mol. The second-order valence-corrected chi connectivity index (χ2v) is 6.70. The van der Waals surface area contributed by atoms with Crippen molar-refractivity contribution >= 4 is 11.6 Å². The van der Waals surface area contributed by atoms with E-state index in [9.17, 15) is 14.7 Å². The average molecular weight is 415 g/mol. The maximum atomic E-state index is 12.7. The van der Waals surface area contributed by atoms with Crippen molar-refractivity contribution in [2.75, 3.05) is 0 Å². The Balaban J connectivity index is 1.54. The molecule has 4 rings (SSSR count). The van der Waals surface area contributed by atoms with Crippen LogP contribution in [0.4, 0.5) is 0 Å². The average Bonchev–Trinajstić information content (AvgIpc) is 3.38. The van der Waals surface area contributed by atoms with E-state index in [0.29, 0.717) is 16.1 Å². The van der Waals surface area contributed by atoms with E-state index in [1.807, 2.05) is 0 Å². The van der Waals surface area contributed by atoms with Gasteiger partial charge in [0.2, 0.25) is 5.89 Å². The number of rotatable bonds is 6. The molecule has 0 aliphatic heterocycles. The Morgan fingerprint density at radius 2 is 2.00 bits per heavy atom. The zero-order chi connectivity index (χ0) is 20.4. The van der Waals surface area contributed by atoms with Gasteiger partial charge in [0.1, 0.15) is 6.54 Å². The SMILES string of the molecule is O=c1[nH]cc(-c2cn[nH]c2)c(=O)n1Cc1nc(C[C@H](O)c2ccc(Cl)cc2)no1. The van der Waals surface area contributed by atoms with Crippen LogP contribution in [0, 0.1) is 0 Å². The van der Waals surface area contributed by atoms with Crippen LogP contribution >= 0.6 is 11.6 Å². The maximum absolute atomic E-state index is 12.7. The summed E-state index contributed by atoms with van der Waals surface area (Å²) in [6.07, 6.45) is 3.59. The predicted octanol–water partition coefficient (Wildman–Crippen LogP) is 1.29. The summed E-state index contributed by atoms with van der Waals surface area (Å²) in [5, 5.41) is 21.1. The minimum Gasteiger partial charge on any atom is -0.388 e. The van der Waals surface area contributed by atoms with Crippen LogP contribution in [0.3, 0.4) is 0 Å². The van der Waals surface area contributed by atoms with E-state index in [1.165, 1.54) is 12.4 Å². The third-order valence-corrected chi connectivity index (χ3v) is 4.56. The van der Waals surface area contributed by atoms with Gasteiger partial charge in [-0.25, -0.2) is 4.79 Å². The summed E-state index contributed by atoms with van der Waals surface area (Å²) in [5.41, 5.74) is 0.342. The first-order valence-corrected chi connectivity index (χ1v) is 8.95. The Kier molecular flexibility index (Phi) is 5.10. The van der Waals surface area contributed by atoms with Crippen molar-refractivity contribution in [1.29, 1.82) is 0 Å². The van der Waals surface area contributed by atoms with Gasteiger partial charge in [-0.15, -0.1) is 0 Å². The van der Waals surface area contributed by atoms with Crippen molar-refractivity contribution in [3.8, 4) is 11.1 Å². The quantitative estimate of drug-likeness (QED) is 0.431. The summed E-state index contributed by atoms with van der Waals surface area (Å²) in [6, 6.07) is 6.75. The fourth-order valence-electron chi connectivity index (χ4n) is 2.81. The molecule has 0 unspecified atom stereocenters. The number of halogens is 1. The first-order valence-electron chi connectivity index (χ1n) is 8.58. The second kappa shape index (κ2) is 7.86. The summed E-state index contributed by atoms with van der Waals surface area (Å²) in [6.45, 7) is -0.204. The van der Waals surface area contributed by atoms with Crippen molar-refractivity contribution in [2.24, 2.45) is 0 Å². The number of aliphatic hydroxyl groups excluding tert-OH is 1. The topological polar surface area (TPSA) is 143 Å². The molecule has 3 aromatic heterocycles. The molecular formula is C18H15ClN6O4. The van der Waals surface area contributed by atoms with E-state index >= 15 is 0 Å². The molecule has 4 aromatic rings. The highest BCUT2D eigenvalue weighted by Gasteiger charge is 2.16. The van der Waals surface area contributed by atoms with Crippen molar-refractivity contribution in [1.82, 2.24) is 29.9 Å². The molecule has 11 heteroatoms. The lowest BCUT2D eigenvalue weighted by molar-refractivity contribution is 0.174. The highest BCUT2D eigenvalue weighted by Crippen LogP contribution is 2.19. The molecule has 0 saturated heterocycles. The van der Waals surface area contributed by atoms with Crippen LogP contribution in [0.5, 0.6) is 0 Å². The Labute approximate surface area is 167 Å². The molecule has 148 valence electrons. The lowest BCUT2D eigenvalue weighted by Gasteiger charge is -2.08. The summed E-state index contributed by atoms with van der Waals surface area (Å²) in [5.74, 6) is 0.318. The molecule has 0 spiro atoms. The number of aliphatic hydroxyl groups is 1. The molecule has 0 bridgehead atoms. The lowest BCUT2D eigenvalue weighted by Crippen LogP contribution is -2.36. The molecule has 0 radical (unpaired) electrons. The number of aromatic nitrogens is 6. The minimum absolute atomic E-state index is 0.0697. The number of aromatic amines is 2. The molecule has 29 heavy (non-hydrogen) atoms. The van der Waals surface area contributed by atoms with E-state index in [0.717, 1.165) is 4.57 Å². The summed E-state index contributed by atoms with van der Waals surface area (Å²) < 4.78 is 6.09. The molecule has 1 aromatic carbocycles. The first kappa shape index (κ1) is 18.8. The Hall–Kier alpha value is -3.50. The Bertz CT molecular complexity index is 1230. The van der Waals surface area contributed by atoms with Crippen molar-refractivity contribution in [2.45, 2.75) is 19.1 Å². The molecule has 3 N–H and O–H groups in total. The standard InChI is InChI=1S/C18H15ClN6O4/c19-12-3-1-10(2-4-12)14(26)5-15-23-16(29-24-15)9-25-17(27)13(8-20-18(25)28)11-6-21-22-7-11/h1-4,6-8,14,26H,5,9H2,(H,20,28)(H,21,22)/t14-/m0/s1. The molecule has 0 saturated carbocycles. The van der Waals surface area contributed by atoms with Gasteiger partial charge in [-0.1, -0.05) is 28.9 Å². The number of nitrogens with zero attached hydrogens (tertiary/aromatic N) is 4. The number of benzene rings is 1. The van der Waals surface area contributed by atoms with Crippen molar-refractivity contribution in [3.63, 3.8) is 0 Å². The molecule has 0 aliphatic rings. The molecule has 0 amide bonds. The van der Waals surface area contributed by atoms with E-state index < -0.39 is 17.4 Å². The number of nitrogens with one attached hydrogen (secondary N) is 2. The fraction of sp³-hybridized carbons (Fsp3) is 0.167. The molecule has 0 aliphatic carbocycles.